The van der Waals surface area contributed by atoms with Crippen molar-refractivity contribution in [2.45, 2.75) is 16.5 Å². The molecule has 6 heteroatoms. The van der Waals surface area contributed by atoms with Crippen LogP contribution in [0, 0.1) is 11.8 Å². The standard InChI is InChI=1S/C15H17N3OS2/c1-18(2)14-16-17-15(21-14)20-11-13-8-5-7-12(10-13)6-3-4-9-19/h5,7-8,10,19H,4,9,11H2,1-2H3. The van der Waals surface area contributed by atoms with Gasteiger partial charge in [-0.25, -0.2) is 0 Å². The van der Waals surface area contributed by atoms with E-state index in [2.05, 4.69) is 34.2 Å². The molecular formula is C15H17N3OS2. The lowest BCUT2D eigenvalue weighted by atomic mass is 10.1. The Balaban J connectivity index is 1.96. The Labute approximate surface area is 133 Å². The normalized spacial score (nSPS) is 10.0. The number of nitrogens with zero attached hydrogens (tertiary/aromatic N) is 3. The van der Waals surface area contributed by atoms with E-state index in [1.165, 1.54) is 5.56 Å². The van der Waals surface area contributed by atoms with Crippen LogP contribution < -0.4 is 4.90 Å². The molecule has 0 bridgehead atoms. The van der Waals surface area contributed by atoms with Crippen molar-refractivity contribution in [2.75, 3.05) is 25.6 Å². The summed E-state index contributed by atoms with van der Waals surface area (Å²) < 4.78 is 0.968. The van der Waals surface area contributed by atoms with Gasteiger partial charge in [-0.3, -0.25) is 0 Å². The summed E-state index contributed by atoms with van der Waals surface area (Å²) in [6, 6.07) is 8.14. The van der Waals surface area contributed by atoms with Crippen molar-refractivity contribution in [3.05, 3.63) is 35.4 Å². The summed E-state index contributed by atoms with van der Waals surface area (Å²) >= 11 is 3.27. The number of rotatable bonds is 5. The van der Waals surface area contributed by atoms with Crippen LogP contribution in [0.2, 0.25) is 0 Å². The van der Waals surface area contributed by atoms with E-state index in [9.17, 15) is 0 Å². The smallest absolute Gasteiger partial charge is 0.208 e. The van der Waals surface area contributed by atoms with Crippen molar-refractivity contribution in [3.8, 4) is 11.8 Å². The third kappa shape index (κ3) is 5.05. The molecule has 0 aliphatic heterocycles. The SMILES string of the molecule is CN(C)c1nnc(SCc2cccc(C#CCCO)c2)s1. The first-order valence-corrected chi connectivity index (χ1v) is 8.31. The largest absolute Gasteiger partial charge is 0.395 e. The summed E-state index contributed by atoms with van der Waals surface area (Å²) in [6.07, 6.45) is 0.511. The summed E-state index contributed by atoms with van der Waals surface area (Å²) in [4.78, 5) is 1.96. The van der Waals surface area contributed by atoms with Crippen LogP contribution in [0.4, 0.5) is 5.13 Å². The molecule has 1 N–H and O–H groups in total. The van der Waals surface area contributed by atoms with Crippen molar-refractivity contribution in [2.24, 2.45) is 0 Å². The molecule has 0 aliphatic carbocycles. The highest BCUT2D eigenvalue weighted by atomic mass is 32.2. The molecule has 110 valence electrons. The molecule has 0 saturated heterocycles. The first-order valence-electron chi connectivity index (χ1n) is 6.51. The van der Waals surface area contributed by atoms with Crippen LogP contribution in [0.3, 0.4) is 0 Å². The summed E-state index contributed by atoms with van der Waals surface area (Å²) in [5.41, 5.74) is 2.19. The molecule has 0 radical (unpaired) electrons. The molecule has 0 amide bonds. The minimum absolute atomic E-state index is 0.105. The molecule has 0 spiro atoms. The lowest BCUT2D eigenvalue weighted by Crippen LogP contribution is -2.07. The number of aliphatic hydroxyl groups excluding tert-OH is 1. The van der Waals surface area contributed by atoms with E-state index in [0.717, 1.165) is 20.8 Å². The maximum Gasteiger partial charge on any atom is 0.208 e. The zero-order valence-electron chi connectivity index (χ0n) is 12.0. The molecule has 1 aromatic carbocycles. The molecule has 0 unspecified atom stereocenters. The number of benzene rings is 1. The highest BCUT2D eigenvalue weighted by Crippen LogP contribution is 2.29. The molecule has 2 aromatic rings. The van der Waals surface area contributed by atoms with Gasteiger partial charge in [0.2, 0.25) is 5.13 Å². The van der Waals surface area contributed by atoms with Crippen molar-refractivity contribution >= 4 is 28.2 Å². The number of thioether (sulfide) groups is 1. The maximum absolute atomic E-state index is 8.73. The average molecular weight is 319 g/mol. The van der Waals surface area contributed by atoms with Crippen LogP contribution in [0.25, 0.3) is 0 Å². The number of aromatic nitrogens is 2. The Morgan fingerprint density at radius 3 is 2.90 bits per heavy atom. The average Bonchev–Trinajstić information content (AvgIpc) is 2.95. The Hall–Kier alpha value is -1.55. The van der Waals surface area contributed by atoms with Crippen molar-refractivity contribution < 1.29 is 5.11 Å². The zero-order valence-corrected chi connectivity index (χ0v) is 13.7. The van der Waals surface area contributed by atoms with Crippen molar-refractivity contribution in [3.63, 3.8) is 0 Å². The molecular weight excluding hydrogens is 302 g/mol. The Morgan fingerprint density at radius 2 is 2.19 bits per heavy atom. The van der Waals surface area contributed by atoms with E-state index < -0.39 is 0 Å². The van der Waals surface area contributed by atoms with Crippen LogP contribution in [0.1, 0.15) is 17.5 Å². The van der Waals surface area contributed by atoms with Crippen molar-refractivity contribution in [1.29, 1.82) is 0 Å². The topological polar surface area (TPSA) is 49.2 Å². The quantitative estimate of drug-likeness (QED) is 0.678. The van der Waals surface area contributed by atoms with Gasteiger partial charge < -0.3 is 10.0 Å². The van der Waals surface area contributed by atoms with E-state index in [4.69, 9.17) is 5.11 Å². The molecule has 4 nitrogen and oxygen atoms in total. The Morgan fingerprint density at radius 1 is 1.33 bits per heavy atom. The summed E-state index contributed by atoms with van der Waals surface area (Å²) in [5.74, 6) is 6.83. The van der Waals surface area contributed by atoms with Gasteiger partial charge in [0.15, 0.2) is 4.34 Å². The van der Waals surface area contributed by atoms with Gasteiger partial charge in [0, 0.05) is 31.8 Å². The van der Waals surface area contributed by atoms with Gasteiger partial charge in [-0.15, -0.1) is 10.2 Å². The van der Waals surface area contributed by atoms with Gasteiger partial charge in [-0.1, -0.05) is 47.1 Å². The van der Waals surface area contributed by atoms with Crippen LogP contribution in [-0.4, -0.2) is 36.0 Å². The van der Waals surface area contributed by atoms with Crippen molar-refractivity contribution in [1.82, 2.24) is 10.2 Å². The second-order valence-electron chi connectivity index (χ2n) is 4.51. The summed E-state index contributed by atoms with van der Waals surface area (Å²) in [5, 5.41) is 17.9. The highest BCUT2D eigenvalue weighted by molar-refractivity contribution is 8.00. The molecule has 2 rings (SSSR count). The third-order valence-corrected chi connectivity index (χ3v) is 4.83. The predicted octanol–water partition coefficient (Wildman–Crippen LogP) is 2.63. The molecule has 0 saturated carbocycles. The third-order valence-electron chi connectivity index (χ3n) is 2.54. The zero-order chi connectivity index (χ0) is 15.1. The number of hydrogen-bond acceptors (Lipinski definition) is 6. The van der Waals surface area contributed by atoms with Crippen LogP contribution in [0.5, 0.6) is 0 Å². The van der Waals surface area contributed by atoms with Gasteiger partial charge in [-0.2, -0.15) is 0 Å². The lowest BCUT2D eigenvalue weighted by molar-refractivity contribution is 0.305. The summed E-state index contributed by atoms with van der Waals surface area (Å²) in [6.45, 7) is 0.105. The van der Waals surface area contributed by atoms with E-state index in [-0.39, 0.29) is 6.61 Å². The fraction of sp³-hybridized carbons (Fsp3) is 0.333. The van der Waals surface area contributed by atoms with Crippen LogP contribution in [0.15, 0.2) is 28.6 Å². The first-order chi connectivity index (χ1) is 10.2. The fourth-order valence-corrected chi connectivity index (χ4v) is 3.25. The highest BCUT2D eigenvalue weighted by Gasteiger charge is 2.06. The van der Waals surface area contributed by atoms with E-state index >= 15 is 0 Å². The molecule has 1 heterocycles. The minimum atomic E-state index is 0.105. The number of anilines is 1. The van der Waals surface area contributed by atoms with Gasteiger partial charge in [0.1, 0.15) is 0 Å². The second-order valence-corrected chi connectivity index (χ2v) is 6.69. The molecule has 0 fully saturated rings. The number of hydrogen-bond donors (Lipinski definition) is 1. The Kier molecular flexibility index (Phi) is 6.05. The maximum atomic E-state index is 8.73. The van der Waals surface area contributed by atoms with E-state index in [1.54, 1.807) is 23.1 Å². The summed E-state index contributed by atoms with van der Waals surface area (Å²) in [7, 11) is 3.92. The molecule has 0 aliphatic rings. The van der Waals surface area contributed by atoms with Gasteiger partial charge in [0.05, 0.1) is 6.61 Å². The van der Waals surface area contributed by atoms with E-state index in [1.807, 2.05) is 31.1 Å². The lowest BCUT2D eigenvalue weighted by Gasteiger charge is -2.03. The number of aliphatic hydroxyl groups is 1. The van der Waals surface area contributed by atoms with Gasteiger partial charge in [0.25, 0.3) is 0 Å². The molecule has 1 aromatic heterocycles. The predicted molar refractivity (Wildman–Crippen MR) is 88.8 cm³/mol. The van der Waals surface area contributed by atoms with Gasteiger partial charge >= 0.3 is 0 Å². The van der Waals surface area contributed by atoms with E-state index in [0.29, 0.717) is 6.42 Å². The van der Waals surface area contributed by atoms with Crippen LogP contribution in [-0.2, 0) is 5.75 Å². The van der Waals surface area contributed by atoms with Gasteiger partial charge in [-0.05, 0) is 17.7 Å². The Bertz CT molecular complexity index is 644. The first kappa shape index (κ1) is 15.8. The minimum Gasteiger partial charge on any atom is -0.395 e. The van der Waals surface area contributed by atoms with Crippen LogP contribution >= 0.6 is 23.1 Å². The molecule has 0 atom stereocenters. The second kappa shape index (κ2) is 8.03. The molecule has 21 heavy (non-hydrogen) atoms. The fourth-order valence-electron chi connectivity index (χ4n) is 1.55. The monoisotopic (exact) mass is 319 g/mol.